The van der Waals surface area contributed by atoms with Crippen molar-refractivity contribution in [3.63, 3.8) is 0 Å². The lowest BCUT2D eigenvalue weighted by Crippen LogP contribution is -2.32. The molecule has 1 fully saturated rings. The Bertz CT molecular complexity index is 92.9. The molecule has 0 amide bonds. The first-order valence-corrected chi connectivity index (χ1v) is 3.59. The summed E-state index contributed by atoms with van der Waals surface area (Å²) in [6, 6.07) is 1.18. The first-order valence-electron chi connectivity index (χ1n) is 3.59. The van der Waals surface area contributed by atoms with Crippen LogP contribution in [-0.4, -0.2) is 25.7 Å². The Labute approximate surface area is 57.0 Å². The van der Waals surface area contributed by atoms with Gasteiger partial charge >= 0.3 is 0 Å². The molecule has 0 bridgehead atoms. The molecule has 2 heteroatoms. The van der Waals surface area contributed by atoms with Crippen LogP contribution in [0, 0.1) is 5.92 Å². The van der Waals surface area contributed by atoms with E-state index in [1.54, 1.807) is 0 Å². The molecule has 1 aliphatic rings. The molecule has 1 heterocycles. The molecule has 0 aromatic heterocycles. The normalized spacial score (nSPS) is 43.7. The summed E-state index contributed by atoms with van der Waals surface area (Å²) >= 11 is 0. The zero-order valence-corrected chi connectivity index (χ0v) is 6.39. The van der Waals surface area contributed by atoms with Gasteiger partial charge in [-0.3, -0.25) is 0 Å². The lowest BCUT2D eigenvalue weighted by Gasteiger charge is -2.14. The molecule has 53 valence electrons. The molecule has 1 radical (unpaired) electrons. The van der Waals surface area contributed by atoms with E-state index in [-0.39, 0.29) is 0 Å². The van der Waals surface area contributed by atoms with Crippen LogP contribution in [0.5, 0.6) is 0 Å². The lowest BCUT2D eigenvalue weighted by atomic mass is 10.0. The summed E-state index contributed by atoms with van der Waals surface area (Å²) in [6.07, 6.45) is 0. The van der Waals surface area contributed by atoms with Crippen molar-refractivity contribution in [3.05, 3.63) is 0 Å². The fourth-order valence-electron chi connectivity index (χ4n) is 1.30. The van der Waals surface area contributed by atoms with Gasteiger partial charge in [-0.15, -0.1) is 0 Å². The molecule has 3 unspecified atom stereocenters. The molecular formula is C7H15N2. The number of likely N-dealkylation sites (N-methyl/N-ethyl adjacent to an activating group) is 1. The van der Waals surface area contributed by atoms with Gasteiger partial charge in [0.2, 0.25) is 0 Å². The van der Waals surface area contributed by atoms with E-state index in [0.29, 0.717) is 12.1 Å². The third kappa shape index (κ3) is 1.25. The maximum absolute atomic E-state index is 4.41. The van der Waals surface area contributed by atoms with Crippen molar-refractivity contribution in [3.8, 4) is 0 Å². The van der Waals surface area contributed by atoms with E-state index < -0.39 is 0 Å². The quantitative estimate of drug-likeness (QED) is 0.535. The summed E-state index contributed by atoms with van der Waals surface area (Å²) in [4.78, 5) is 0. The van der Waals surface area contributed by atoms with Gasteiger partial charge in [0.05, 0.1) is 0 Å². The maximum Gasteiger partial charge on any atom is 0.0293 e. The van der Waals surface area contributed by atoms with Crippen molar-refractivity contribution in [2.24, 2.45) is 5.92 Å². The van der Waals surface area contributed by atoms with Crippen molar-refractivity contribution >= 4 is 0 Å². The minimum Gasteiger partial charge on any atom is -0.315 e. The molecule has 2 nitrogen and oxygen atoms in total. The van der Waals surface area contributed by atoms with Crippen molar-refractivity contribution in [1.29, 1.82) is 0 Å². The monoisotopic (exact) mass is 127 g/mol. The molecule has 1 rings (SSSR count). The van der Waals surface area contributed by atoms with Gasteiger partial charge in [-0.2, -0.15) is 0 Å². The summed E-state index contributed by atoms with van der Waals surface area (Å²) in [5, 5.41) is 7.66. The molecule has 1 saturated heterocycles. The van der Waals surface area contributed by atoms with E-state index >= 15 is 0 Å². The summed E-state index contributed by atoms with van der Waals surface area (Å²) in [6.45, 7) is 5.43. The third-order valence-corrected chi connectivity index (χ3v) is 2.36. The van der Waals surface area contributed by atoms with Gasteiger partial charge in [0.15, 0.2) is 0 Å². The highest BCUT2D eigenvalue weighted by atomic mass is 15.0. The molecular weight excluding hydrogens is 112 g/mol. The van der Waals surface area contributed by atoms with E-state index in [1.807, 2.05) is 7.05 Å². The molecule has 3 atom stereocenters. The van der Waals surface area contributed by atoms with E-state index in [2.05, 4.69) is 24.5 Å². The molecule has 1 aliphatic heterocycles. The first kappa shape index (κ1) is 7.03. The van der Waals surface area contributed by atoms with Gasteiger partial charge in [-0.05, 0) is 19.9 Å². The second-order valence-electron chi connectivity index (χ2n) is 2.86. The SMILES string of the molecule is CNC1C[N]C(C)C1C. The molecule has 0 aromatic rings. The lowest BCUT2D eigenvalue weighted by molar-refractivity contribution is 0.438. The highest BCUT2D eigenvalue weighted by molar-refractivity contribution is 4.88. The van der Waals surface area contributed by atoms with Gasteiger partial charge in [0, 0.05) is 18.6 Å². The zero-order valence-electron chi connectivity index (χ0n) is 6.39. The summed E-state index contributed by atoms with van der Waals surface area (Å²) in [5.41, 5.74) is 0. The molecule has 0 aliphatic carbocycles. The smallest absolute Gasteiger partial charge is 0.0293 e. The van der Waals surface area contributed by atoms with E-state index in [4.69, 9.17) is 0 Å². The number of nitrogens with one attached hydrogen (secondary N) is 1. The highest BCUT2D eigenvalue weighted by Crippen LogP contribution is 2.15. The summed E-state index contributed by atoms with van der Waals surface area (Å²) in [7, 11) is 2.01. The van der Waals surface area contributed by atoms with Crippen LogP contribution in [0.15, 0.2) is 0 Å². The molecule has 0 spiro atoms. The molecule has 0 saturated carbocycles. The average molecular weight is 127 g/mol. The van der Waals surface area contributed by atoms with Crippen molar-refractivity contribution in [1.82, 2.24) is 10.6 Å². The molecule has 0 aromatic carbocycles. The molecule has 1 N–H and O–H groups in total. The number of nitrogens with zero attached hydrogens (tertiary/aromatic N) is 1. The van der Waals surface area contributed by atoms with Crippen LogP contribution in [0.2, 0.25) is 0 Å². The number of hydrogen-bond donors (Lipinski definition) is 1. The Morgan fingerprint density at radius 2 is 2.11 bits per heavy atom. The Hall–Kier alpha value is -0.0800. The van der Waals surface area contributed by atoms with Crippen molar-refractivity contribution in [2.45, 2.75) is 25.9 Å². The largest absolute Gasteiger partial charge is 0.315 e. The van der Waals surface area contributed by atoms with Crippen LogP contribution in [0.4, 0.5) is 0 Å². The minimum atomic E-state index is 0.558. The van der Waals surface area contributed by atoms with E-state index in [0.717, 1.165) is 12.5 Å². The highest BCUT2D eigenvalue weighted by Gasteiger charge is 2.28. The Morgan fingerprint density at radius 1 is 1.44 bits per heavy atom. The second-order valence-corrected chi connectivity index (χ2v) is 2.86. The van der Waals surface area contributed by atoms with Crippen LogP contribution in [0.3, 0.4) is 0 Å². The topological polar surface area (TPSA) is 26.1 Å². The predicted molar refractivity (Wildman–Crippen MR) is 38.5 cm³/mol. The van der Waals surface area contributed by atoms with Crippen molar-refractivity contribution in [2.75, 3.05) is 13.6 Å². The Balaban J connectivity index is 2.41. The van der Waals surface area contributed by atoms with Crippen molar-refractivity contribution < 1.29 is 0 Å². The Kier molecular flexibility index (Phi) is 2.09. The fraction of sp³-hybridized carbons (Fsp3) is 1.00. The van der Waals surface area contributed by atoms with Crippen LogP contribution in [-0.2, 0) is 0 Å². The zero-order chi connectivity index (χ0) is 6.85. The number of rotatable bonds is 1. The van der Waals surface area contributed by atoms with E-state index in [1.165, 1.54) is 0 Å². The average Bonchev–Trinajstić information content (AvgIpc) is 2.15. The van der Waals surface area contributed by atoms with Crippen LogP contribution < -0.4 is 10.6 Å². The standard InChI is InChI=1S/C7H15N2/c1-5-6(2)9-4-7(5)8-3/h5-8H,4H2,1-3H3. The second kappa shape index (κ2) is 2.67. The maximum atomic E-state index is 4.41. The third-order valence-electron chi connectivity index (χ3n) is 2.36. The van der Waals surface area contributed by atoms with Crippen LogP contribution in [0.25, 0.3) is 0 Å². The summed E-state index contributed by atoms with van der Waals surface area (Å²) < 4.78 is 0. The first-order chi connectivity index (χ1) is 4.25. The minimum absolute atomic E-state index is 0.558. The van der Waals surface area contributed by atoms with Gasteiger partial charge in [0.25, 0.3) is 0 Å². The number of hydrogen-bond acceptors (Lipinski definition) is 1. The van der Waals surface area contributed by atoms with Gasteiger partial charge in [0.1, 0.15) is 0 Å². The predicted octanol–water partition coefficient (Wildman–Crippen LogP) is 0.217. The molecule has 9 heavy (non-hydrogen) atoms. The summed E-state index contributed by atoms with van der Waals surface area (Å²) in [5.74, 6) is 0.718. The van der Waals surface area contributed by atoms with E-state index in [9.17, 15) is 0 Å². The fourth-order valence-corrected chi connectivity index (χ4v) is 1.30. The van der Waals surface area contributed by atoms with Crippen LogP contribution >= 0.6 is 0 Å². The van der Waals surface area contributed by atoms with Gasteiger partial charge in [-0.25, -0.2) is 5.32 Å². The van der Waals surface area contributed by atoms with Gasteiger partial charge in [-0.1, -0.05) is 6.92 Å². The Morgan fingerprint density at radius 3 is 2.33 bits per heavy atom. The van der Waals surface area contributed by atoms with Crippen LogP contribution in [0.1, 0.15) is 13.8 Å². The van der Waals surface area contributed by atoms with Gasteiger partial charge < -0.3 is 5.32 Å².